The predicted molar refractivity (Wildman–Crippen MR) is 113 cm³/mol. The highest BCUT2D eigenvalue weighted by Crippen LogP contribution is 2.48. The molecule has 2 aliphatic carbocycles. The van der Waals surface area contributed by atoms with Gasteiger partial charge in [-0.25, -0.2) is 0 Å². The number of hydrogen-bond donors (Lipinski definition) is 3. The van der Waals surface area contributed by atoms with Crippen LogP contribution < -0.4 is 0 Å². The highest BCUT2D eigenvalue weighted by atomic mass is 35.5. The Kier molecular flexibility index (Phi) is 9.26. The van der Waals surface area contributed by atoms with Gasteiger partial charge in [0.1, 0.15) is 0 Å². The number of hydrogen-bond acceptors (Lipinski definition) is 3. The van der Waals surface area contributed by atoms with E-state index in [0.717, 1.165) is 32.1 Å². The van der Waals surface area contributed by atoms with Gasteiger partial charge >= 0.3 is 5.97 Å². The monoisotopic (exact) mass is 410 g/mol. The fourth-order valence-electron chi connectivity index (χ4n) is 4.61. The van der Waals surface area contributed by atoms with Gasteiger partial charge in [0, 0.05) is 23.1 Å². The molecule has 158 valence electrons. The maximum Gasteiger partial charge on any atom is 0.303 e. The molecule has 0 amide bonds. The van der Waals surface area contributed by atoms with Crippen molar-refractivity contribution in [3.05, 3.63) is 37.0 Å². The molecule has 0 aromatic heterocycles. The van der Waals surface area contributed by atoms with E-state index in [-0.39, 0.29) is 35.2 Å². The Bertz CT molecular complexity index is 567. The highest BCUT2D eigenvalue weighted by Gasteiger charge is 2.42. The minimum Gasteiger partial charge on any atom is -0.481 e. The number of aliphatic hydroxyl groups is 2. The average Bonchev–Trinajstić information content (AvgIpc) is 2.87. The Morgan fingerprint density at radius 2 is 2.04 bits per heavy atom. The molecule has 28 heavy (non-hydrogen) atoms. The van der Waals surface area contributed by atoms with Crippen molar-refractivity contribution in [2.24, 2.45) is 17.3 Å². The van der Waals surface area contributed by atoms with E-state index in [9.17, 15) is 15.0 Å². The zero-order valence-corrected chi connectivity index (χ0v) is 17.4. The van der Waals surface area contributed by atoms with Gasteiger partial charge in [-0.15, -0.1) is 18.2 Å². The molecule has 2 fully saturated rings. The SMILES string of the molecule is C=CCC1(C(O)C/C=C/[C@@H]2[C@@H](C/C=C\CCCC(=O)O)[C@H](Cl)C[C@H]2O)CCC1. The van der Waals surface area contributed by atoms with Crippen LogP contribution in [0.15, 0.2) is 37.0 Å². The van der Waals surface area contributed by atoms with E-state index in [2.05, 4.69) is 12.7 Å². The molecule has 2 saturated carbocycles. The Morgan fingerprint density at radius 3 is 2.64 bits per heavy atom. The van der Waals surface area contributed by atoms with Crippen molar-refractivity contribution in [2.45, 2.75) is 81.8 Å². The number of carbonyl (C=O) groups is 1. The second-order valence-electron chi connectivity index (χ2n) is 8.44. The Balaban J connectivity index is 1.85. The zero-order chi connectivity index (χ0) is 20.6. The maximum atomic E-state index is 10.6. The van der Waals surface area contributed by atoms with Crippen LogP contribution in [0.1, 0.15) is 64.2 Å². The summed E-state index contributed by atoms with van der Waals surface area (Å²) < 4.78 is 0. The number of aliphatic carboxylic acids is 1. The lowest BCUT2D eigenvalue weighted by atomic mass is 9.62. The number of allylic oxidation sites excluding steroid dienone is 3. The Morgan fingerprint density at radius 1 is 1.29 bits per heavy atom. The average molecular weight is 411 g/mol. The molecular formula is C23H35ClO4. The maximum absolute atomic E-state index is 10.6. The van der Waals surface area contributed by atoms with Gasteiger partial charge in [-0.05, 0) is 57.3 Å². The normalized spacial score (nSPS) is 30.5. The van der Waals surface area contributed by atoms with E-state index < -0.39 is 12.1 Å². The van der Waals surface area contributed by atoms with Crippen molar-refractivity contribution in [3.8, 4) is 0 Å². The van der Waals surface area contributed by atoms with Crippen LogP contribution in [0.3, 0.4) is 0 Å². The van der Waals surface area contributed by atoms with Crippen LogP contribution >= 0.6 is 11.6 Å². The first kappa shape index (κ1) is 23.2. The highest BCUT2D eigenvalue weighted by molar-refractivity contribution is 6.21. The molecule has 2 rings (SSSR count). The molecule has 4 nitrogen and oxygen atoms in total. The first-order chi connectivity index (χ1) is 13.4. The first-order valence-electron chi connectivity index (χ1n) is 10.5. The van der Waals surface area contributed by atoms with Crippen LogP contribution in [0.4, 0.5) is 0 Å². The summed E-state index contributed by atoms with van der Waals surface area (Å²) in [5.41, 5.74) is -0.00646. The smallest absolute Gasteiger partial charge is 0.303 e. The van der Waals surface area contributed by atoms with E-state index in [4.69, 9.17) is 16.7 Å². The van der Waals surface area contributed by atoms with Crippen molar-refractivity contribution in [1.29, 1.82) is 0 Å². The van der Waals surface area contributed by atoms with E-state index >= 15 is 0 Å². The van der Waals surface area contributed by atoms with E-state index in [1.165, 1.54) is 6.42 Å². The van der Waals surface area contributed by atoms with Crippen LogP contribution in [0.25, 0.3) is 0 Å². The largest absolute Gasteiger partial charge is 0.481 e. The van der Waals surface area contributed by atoms with Crippen molar-refractivity contribution >= 4 is 17.6 Å². The Hall–Kier alpha value is -1.10. The molecular weight excluding hydrogens is 376 g/mol. The van der Waals surface area contributed by atoms with Gasteiger partial charge in [-0.2, -0.15) is 0 Å². The molecule has 1 unspecified atom stereocenters. The van der Waals surface area contributed by atoms with Gasteiger partial charge in [0.2, 0.25) is 0 Å². The molecule has 0 aliphatic heterocycles. The fraction of sp³-hybridized carbons (Fsp3) is 0.696. The molecule has 5 heteroatoms. The van der Waals surface area contributed by atoms with Crippen LogP contribution in [-0.4, -0.2) is 38.9 Å². The summed E-state index contributed by atoms with van der Waals surface area (Å²) in [5, 5.41) is 29.6. The van der Waals surface area contributed by atoms with E-state index in [1.807, 2.05) is 24.3 Å². The lowest BCUT2D eigenvalue weighted by Crippen LogP contribution is -2.40. The number of rotatable bonds is 12. The lowest BCUT2D eigenvalue weighted by molar-refractivity contribution is -0.137. The Labute approximate surface area is 174 Å². The minimum absolute atomic E-state index is 0.00452. The van der Waals surface area contributed by atoms with E-state index in [0.29, 0.717) is 19.3 Å². The molecule has 0 radical (unpaired) electrons. The number of carboxylic acids is 1. The molecule has 0 heterocycles. The van der Waals surface area contributed by atoms with Gasteiger partial charge in [0.25, 0.3) is 0 Å². The molecule has 0 bridgehead atoms. The number of alkyl halides is 1. The molecule has 0 saturated heterocycles. The molecule has 0 aromatic carbocycles. The number of aliphatic hydroxyl groups excluding tert-OH is 2. The second-order valence-corrected chi connectivity index (χ2v) is 9.00. The predicted octanol–water partition coefficient (Wildman–Crippen LogP) is 4.85. The van der Waals surface area contributed by atoms with Gasteiger partial charge in [-0.1, -0.05) is 36.8 Å². The summed E-state index contributed by atoms with van der Waals surface area (Å²) in [6.07, 6.45) is 16.9. The lowest BCUT2D eigenvalue weighted by Gasteiger charge is -2.45. The van der Waals surface area contributed by atoms with Crippen molar-refractivity contribution in [2.75, 3.05) is 0 Å². The standard InChI is InChI=1S/C23H35ClO4/c1-2-13-23(14-8-15-23)21(26)11-7-10-18-17(19(24)16-20(18)25)9-5-3-4-6-12-22(27)28/h2-3,5,7,10,17-21,25-26H,1,4,6,8-9,11-16H2,(H,27,28)/b5-3-,10-7+/t17-,18-,19-,20-,21?/m1/s1. The molecule has 2 aliphatic rings. The summed E-state index contributed by atoms with van der Waals surface area (Å²) in [6, 6.07) is 0. The summed E-state index contributed by atoms with van der Waals surface area (Å²) >= 11 is 6.47. The third kappa shape index (κ3) is 6.20. The van der Waals surface area contributed by atoms with Gasteiger partial charge < -0.3 is 15.3 Å². The van der Waals surface area contributed by atoms with Gasteiger partial charge in [0.15, 0.2) is 0 Å². The van der Waals surface area contributed by atoms with Crippen LogP contribution in [0.5, 0.6) is 0 Å². The van der Waals surface area contributed by atoms with Crippen molar-refractivity contribution < 1.29 is 20.1 Å². The van der Waals surface area contributed by atoms with Crippen LogP contribution in [0.2, 0.25) is 0 Å². The van der Waals surface area contributed by atoms with Crippen LogP contribution in [-0.2, 0) is 4.79 Å². The van der Waals surface area contributed by atoms with Crippen LogP contribution in [0, 0.1) is 17.3 Å². The quantitative estimate of drug-likeness (QED) is 0.244. The first-order valence-corrected chi connectivity index (χ1v) is 11.0. The zero-order valence-electron chi connectivity index (χ0n) is 16.7. The second kappa shape index (κ2) is 11.2. The topological polar surface area (TPSA) is 77.8 Å². The molecule has 0 spiro atoms. The van der Waals surface area contributed by atoms with Crippen molar-refractivity contribution in [1.82, 2.24) is 0 Å². The van der Waals surface area contributed by atoms with Gasteiger partial charge in [-0.3, -0.25) is 4.79 Å². The minimum atomic E-state index is -0.766. The summed E-state index contributed by atoms with van der Waals surface area (Å²) in [7, 11) is 0. The summed E-state index contributed by atoms with van der Waals surface area (Å²) in [4.78, 5) is 10.5. The molecule has 5 atom stereocenters. The van der Waals surface area contributed by atoms with E-state index in [1.54, 1.807) is 0 Å². The third-order valence-corrected chi connectivity index (χ3v) is 7.03. The van der Waals surface area contributed by atoms with Gasteiger partial charge in [0.05, 0.1) is 12.2 Å². The number of halogens is 1. The third-order valence-electron chi connectivity index (χ3n) is 6.53. The molecule has 0 aromatic rings. The summed E-state index contributed by atoms with van der Waals surface area (Å²) in [5.74, 6) is -0.612. The summed E-state index contributed by atoms with van der Waals surface area (Å²) in [6.45, 7) is 3.82. The van der Waals surface area contributed by atoms with Crippen molar-refractivity contribution in [3.63, 3.8) is 0 Å². The number of carboxylic acid groups (broad SMARTS) is 1. The number of unbranched alkanes of at least 4 members (excludes halogenated alkanes) is 1. The fourth-order valence-corrected chi connectivity index (χ4v) is 5.07. The molecule has 3 N–H and O–H groups in total.